The Morgan fingerprint density at radius 1 is 1.41 bits per heavy atom. The monoisotopic (exact) mass is 235 g/mol. The van der Waals surface area contributed by atoms with Crippen LogP contribution in [-0.4, -0.2) is 33.8 Å². The van der Waals surface area contributed by atoms with Crippen LogP contribution in [0.1, 0.15) is 32.1 Å². The number of aliphatic hydroxyl groups is 1. The van der Waals surface area contributed by atoms with E-state index >= 15 is 0 Å². The molecule has 1 aliphatic carbocycles. The van der Waals surface area contributed by atoms with Gasteiger partial charge < -0.3 is 15.7 Å². The maximum atomic E-state index is 11.3. The highest BCUT2D eigenvalue weighted by atomic mass is 16.3. The summed E-state index contributed by atoms with van der Waals surface area (Å²) in [5, 5.41) is 18.1. The third kappa shape index (κ3) is 1.31. The molecule has 92 valence electrons. The lowest BCUT2D eigenvalue weighted by atomic mass is 9.84. The molecule has 0 radical (unpaired) electrons. The van der Waals surface area contributed by atoms with Crippen molar-refractivity contribution in [2.75, 3.05) is 0 Å². The normalized spacial score (nSPS) is 36.1. The number of nitrogens with zero attached hydrogens (tertiary/aromatic N) is 1. The SMILES string of the molecule is N=C1C(C(N)=O)=C(O)[C@H]2C[C@@H]3CCCC[C@@H]3N12. The molecule has 3 atom stereocenters. The number of carbonyl (C=O) groups is 1. The van der Waals surface area contributed by atoms with Crippen LogP contribution in [0.25, 0.3) is 0 Å². The molecule has 1 saturated heterocycles. The molecule has 2 heterocycles. The average Bonchev–Trinajstić information content (AvgIpc) is 2.76. The minimum atomic E-state index is -0.686. The summed E-state index contributed by atoms with van der Waals surface area (Å²) < 4.78 is 0. The third-order valence-electron chi connectivity index (χ3n) is 4.40. The van der Waals surface area contributed by atoms with E-state index in [2.05, 4.69) is 0 Å². The van der Waals surface area contributed by atoms with E-state index in [1.54, 1.807) is 0 Å². The van der Waals surface area contributed by atoms with E-state index in [0.29, 0.717) is 12.0 Å². The molecular weight excluding hydrogens is 218 g/mol. The molecule has 5 nitrogen and oxygen atoms in total. The number of amidine groups is 1. The van der Waals surface area contributed by atoms with Gasteiger partial charge in [-0.3, -0.25) is 10.2 Å². The minimum Gasteiger partial charge on any atom is -0.509 e. The van der Waals surface area contributed by atoms with Gasteiger partial charge in [0.1, 0.15) is 17.2 Å². The summed E-state index contributed by atoms with van der Waals surface area (Å²) in [5.41, 5.74) is 5.25. The summed E-state index contributed by atoms with van der Waals surface area (Å²) in [4.78, 5) is 13.2. The number of hydrogen-bond acceptors (Lipinski definition) is 3. The number of hydrogen-bond donors (Lipinski definition) is 3. The Morgan fingerprint density at radius 3 is 2.82 bits per heavy atom. The number of aliphatic hydroxyl groups excluding tert-OH is 1. The van der Waals surface area contributed by atoms with Crippen molar-refractivity contribution in [3.8, 4) is 0 Å². The molecule has 0 spiro atoms. The Morgan fingerprint density at radius 2 is 2.12 bits per heavy atom. The summed E-state index contributed by atoms with van der Waals surface area (Å²) in [7, 11) is 0. The van der Waals surface area contributed by atoms with Crippen molar-refractivity contribution in [2.45, 2.75) is 44.2 Å². The van der Waals surface area contributed by atoms with E-state index in [4.69, 9.17) is 11.1 Å². The number of primary amides is 1. The van der Waals surface area contributed by atoms with Crippen LogP contribution in [0.4, 0.5) is 0 Å². The first kappa shape index (κ1) is 10.6. The van der Waals surface area contributed by atoms with Crippen LogP contribution in [0.2, 0.25) is 0 Å². The molecule has 0 unspecified atom stereocenters. The van der Waals surface area contributed by atoms with Crippen molar-refractivity contribution in [3.05, 3.63) is 11.3 Å². The summed E-state index contributed by atoms with van der Waals surface area (Å²) in [6.07, 6.45) is 5.50. The first-order valence-electron chi connectivity index (χ1n) is 6.21. The second kappa shape index (κ2) is 3.48. The fourth-order valence-corrected chi connectivity index (χ4v) is 3.69. The Labute approximate surface area is 99.8 Å². The first-order chi connectivity index (χ1) is 8.11. The topological polar surface area (TPSA) is 90.4 Å². The second-order valence-corrected chi connectivity index (χ2v) is 5.24. The van der Waals surface area contributed by atoms with Crippen LogP contribution in [0.3, 0.4) is 0 Å². The Bertz CT molecular complexity index is 429. The van der Waals surface area contributed by atoms with Gasteiger partial charge in [-0.05, 0) is 25.2 Å². The molecule has 0 aromatic carbocycles. The van der Waals surface area contributed by atoms with Gasteiger partial charge in [0.2, 0.25) is 0 Å². The van der Waals surface area contributed by atoms with E-state index in [1.165, 1.54) is 19.3 Å². The third-order valence-corrected chi connectivity index (χ3v) is 4.40. The van der Waals surface area contributed by atoms with Crippen molar-refractivity contribution in [1.29, 1.82) is 5.41 Å². The van der Waals surface area contributed by atoms with Crippen LogP contribution in [-0.2, 0) is 4.79 Å². The smallest absolute Gasteiger partial charge is 0.255 e. The molecule has 4 N–H and O–H groups in total. The number of rotatable bonds is 1. The predicted octanol–water partition coefficient (Wildman–Crippen LogP) is 0.908. The van der Waals surface area contributed by atoms with Gasteiger partial charge in [-0.15, -0.1) is 0 Å². The maximum Gasteiger partial charge on any atom is 0.255 e. The Balaban J connectivity index is 1.96. The molecule has 17 heavy (non-hydrogen) atoms. The van der Waals surface area contributed by atoms with Crippen LogP contribution in [0.5, 0.6) is 0 Å². The van der Waals surface area contributed by atoms with Crippen LogP contribution in [0.15, 0.2) is 11.3 Å². The molecule has 0 bridgehead atoms. The summed E-state index contributed by atoms with van der Waals surface area (Å²) >= 11 is 0. The highest BCUT2D eigenvalue weighted by Crippen LogP contribution is 2.45. The molecule has 5 heteroatoms. The van der Waals surface area contributed by atoms with Gasteiger partial charge in [0.25, 0.3) is 5.91 Å². The van der Waals surface area contributed by atoms with E-state index in [0.717, 1.165) is 12.8 Å². The zero-order chi connectivity index (χ0) is 12.2. The zero-order valence-electron chi connectivity index (χ0n) is 9.65. The Kier molecular flexibility index (Phi) is 2.18. The number of nitrogens with two attached hydrogens (primary N) is 1. The van der Waals surface area contributed by atoms with E-state index < -0.39 is 5.91 Å². The van der Waals surface area contributed by atoms with Gasteiger partial charge in [-0.25, -0.2) is 0 Å². The van der Waals surface area contributed by atoms with Gasteiger partial charge >= 0.3 is 0 Å². The van der Waals surface area contributed by atoms with Gasteiger partial charge in [0.05, 0.1) is 6.04 Å². The highest BCUT2D eigenvalue weighted by Gasteiger charge is 2.51. The van der Waals surface area contributed by atoms with Crippen molar-refractivity contribution in [1.82, 2.24) is 4.90 Å². The lowest BCUT2D eigenvalue weighted by Crippen LogP contribution is -2.40. The lowest BCUT2D eigenvalue weighted by Gasteiger charge is -2.32. The van der Waals surface area contributed by atoms with Gasteiger partial charge in [0, 0.05) is 6.04 Å². The van der Waals surface area contributed by atoms with Gasteiger partial charge in [0.15, 0.2) is 0 Å². The molecule has 2 fully saturated rings. The van der Waals surface area contributed by atoms with Crippen molar-refractivity contribution in [2.24, 2.45) is 11.7 Å². The molecule has 2 aliphatic heterocycles. The van der Waals surface area contributed by atoms with E-state index in [9.17, 15) is 9.90 Å². The fourth-order valence-electron chi connectivity index (χ4n) is 3.69. The highest BCUT2D eigenvalue weighted by molar-refractivity contribution is 6.21. The average molecular weight is 235 g/mol. The number of nitrogens with one attached hydrogen (secondary N) is 1. The van der Waals surface area contributed by atoms with E-state index in [1.807, 2.05) is 4.90 Å². The van der Waals surface area contributed by atoms with Crippen molar-refractivity contribution >= 4 is 11.7 Å². The van der Waals surface area contributed by atoms with Crippen LogP contribution >= 0.6 is 0 Å². The molecule has 3 aliphatic rings. The first-order valence-corrected chi connectivity index (χ1v) is 6.21. The summed E-state index contributed by atoms with van der Waals surface area (Å²) in [6.45, 7) is 0. The van der Waals surface area contributed by atoms with Crippen molar-refractivity contribution < 1.29 is 9.90 Å². The second-order valence-electron chi connectivity index (χ2n) is 5.24. The summed E-state index contributed by atoms with van der Waals surface area (Å²) in [5.74, 6) is 0.0336. The molecule has 0 aromatic heterocycles. The largest absolute Gasteiger partial charge is 0.509 e. The van der Waals surface area contributed by atoms with Crippen LogP contribution in [0, 0.1) is 11.3 Å². The summed E-state index contributed by atoms with van der Waals surface area (Å²) in [6, 6.07) is 0.151. The molecule has 0 aromatic rings. The van der Waals surface area contributed by atoms with Gasteiger partial charge in [-0.1, -0.05) is 12.8 Å². The molecule has 1 saturated carbocycles. The number of amides is 1. The zero-order valence-corrected chi connectivity index (χ0v) is 9.65. The molecule has 3 rings (SSSR count). The van der Waals surface area contributed by atoms with Gasteiger partial charge in [-0.2, -0.15) is 0 Å². The fraction of sp³-hybridized carbons (Fsp3) is 0.667. The predicted molar refractivity (Wildman–Crippen MR) is 62.6 cm³/mol. The standard InChI is InChI=1S/C12H17N3O2/c13-11-9(12(14)17)10(16)8-5-6-3-1-2-4-7(6)15(8)11/h6-8,13,16H,1-5H2,(H2,14,17)/t6-,7-,8+/m0/s1. The number of fused-ring (bicyclic) bond motifs is 3. The lowest BCUT2D eigenvalue weighted by molar-refractivity contribution is -0.114. The minimum absolute atomic E-state index is 0.0249. The quantitative estimate of drug-likeness (QED) is 0.631. The van der Waals surface area contributed by atoms with Crippen molar-refractivity contribution in [3.63, 3.8) is 0 Å². The maximum absolute atomic E-state index is 11.3. The number of carbonyl (C=O) groups excluding carboxylic acids is 1. The Hall–Kier alpha value is -1.52. The van der Waals surface area contributed by atoms with Crippen LogP contribution < -0.4 is 5.73 Å². The molecule has 1 amide bonds. The molecular formula is C12H17N3O2. The van der Waals surface area contributed by atoms with E-state index in [-0.39, 0.29) is 23.2 Å².